The quantitative estimate of drug-likeness (QED) is 0.812. The van der Waals surface area contributed by atoms with Crippen LogP contribution in [0.4, 0.5) is 0 Å². The van der Waals surface area contributed by atoms with Crippen molar-refractivity contribution in [1.82, 2.24) is 9.88 Å². The summed E-state index contributed by atoms with van der Waals surface area (Å²) in [5, 5.41) is 9.43. The van der Waals surface area contributed by atoms with Gasteiger partial charge in [0.2, 0.25) is 0 Å². The molecular formula is C15H17ClN2O3S. The van der Waals surface area contributed by atoms with Gasteiger partial charge in [-0.2, -0.15) is 0 Å². The number of hydrogen-bond acceptors (Lipinski definition) is 4. The molecule has 7 heteroatoms. The number of carboxylic acids is 1. The van der Waals surface area contributed by atoms with Gasteiger partial charge in [-0.25, -0.2) is 0 Å². The number of aromatic amines is 1. The highest BCUT2D eigenvalue weighted by molar-refractivity contribution is 7.09. The lowest BCUT2D eigenvalue weighted by Crippen LogP contribution is -2.25. The first-order valence-electron chi connectivity index (χ1n) is 6.91. The van der Waals surface area contributed by atoms with E-state index in [1.807, 2.05) is 24.0 Å². The van der Waals surface area contributed by atoms with Crippen LogP contribution in [0.15, 0.2) is 29.1 Å². The summed E-state index contributed by atoms with van der Waals surface area (Å²) in [7, 11) is 0. The molecule has 0 amide bonds. The summed E-state index contributed by atoms with van der Waals surface area (Å²) >= 11 is 7.05. The maximum atomic E-state index is 11.7. The molecule has 1 aromatic carbocycles. The predicted molar refractivity (Wildman–Crippen MR) is 88.6 cm³/mol. The molecule has 0 fully saturated rings. The zero-order chi connectivity index (χ0) is 16.1. The zero-order valence-electron chi connectivity index (χ0n) is 12.1. The minimum atomic E-state index is -0.821. The Morgan fingerprint density at radius 1 is 1.36 bits per heavy atom. The maximum Gasteiger partial charge on any atom is 0.305 e. The van der Waals surface area contributed by atoms with Crippen LogP contribution in [0.1, 0.15) is 18.2 Å². The zero-order valence-corrected chi connectivity index (χ0v) is 13.7. The van der Waals surface area contributed by atoms with Crippen LogP contribution in [-0.2, 0) is 11.3 Å². The molecule has 0 radical (unpaired) electrons. The number of H-pyrrole nitrogens is 1. The van der Waals surface area contributed by atoms with Gasteiger partial charge in [0.25, 0.3) is 0 Å². The molecule has 0 aliphatic heterocycles. The molecule has 0 aliphatic rings. The molecule has 2 N–H and O–H groups in total. The number of carbonyl (C=O) groups is 1. The molecule has 2 aromatic rings. The van der Waals surface area contributed by atoms with Gasteiger partial charge < -0.3 is 10.1 Å². The molecule has 0 unspecified atom stereocenters. The number of nitrogens with zero attached hydrogens (tertiary/aromatic N) is 1. The van der Waals surface area contributed by atoms with Crippen LogP contribution in [0.3, 0.4) is 0 Å². The second-order valence-electron chi connectivity index (χ2n) is 4.83. The summed E-state index contributed by atoms with van der Waals surface area (Å²) in [6.45, 7) is 3.70. The van der Waals surface area contributed by atoms with Crippen LogP contribution in [0.25, 0.3) is 11.3 Å². The number of rotatable bonds is 7. The monoisotopic (exact) mass is 340 g/mol. The summed E-state index contributed by atoms with van der Waals surface area (Å²) in [5.74, 6) is -0.821. The van der Waals surface area contributed by atoms with Crippen molar-refractivity contribution in [3.8, 4) is 11.3 Å². The maximum absolute atomic E-state index is 11.7. The van der Waals surface area contributed by atoms with E-state index in [4.69, 9.17) is 16.7 Å². The molecule has 5 nitrogen and oxygen atoms in total. The van der Waals surface area contributed by atoms with Crippen molar-refractivity contribution < 1.29 is 9.90 Å². The number of carboxylic acid groups (broad SMARTS) is 1. The third kappa shape index (κ3) is 4.43. The molecule has 2 rings (SSSR count). The Morgan fingerprint density at radius 2 is 2.05 bits per heavy atom. The van der Waals surface area contributed by atoms with E-state index in [1.165, 1.54) is 0 Å². The number of aliphatic carboxylic acids is 1. The molecular weight excluding hydrogens is 324 g/mol. The topological polar surface area (TPSA) is 73.4 Å². The number of nitrogens with one attached hydrogen (secondary N) is 1. The van der Waals surface area contributed by atoms with Gasteiger partial charge in [0.15, 0.2) is 0 Å². The van der Waals surface area contributed by atoms with Gasteiger partial charge in [-0.15, -0.1) is 0 Å². The summed E-state index contributed by atoms with van der Waals surface area (Å²) < 4.78 is 0. The van der Waals surface area contributed by atoms with Crippen LogP contribution in [0.2, 0.25) is 5.02 Å². The standard InChI is InChI=1S/C15H17ClN2O3S/c1-2-18(8-7-13(19)20)9-12-14(17-15(21)22-12)10-3-5-11(16)6-4-10/h3-6H,2,7-9H2,1H3,(H,17,21)(H,19,20). The van der Waals surface area contributed by atoms with Crippen molar-refractivity contribution in [2.24, 2.45) is 0 Å². The Bertz CT molecular complexity index is 694. The Balaban J connectivity index is 2.22. The molecule has 0 atom stereocenters. The van der Waals surface area contributed by atoms with Crippen LogP contribution in [0.5, 0.6) is 0 Å². The van der Waals surface area contributed by atoms with E-state index in [-0.39, 0.29) is 11.3 Å². The first-order chi connectivity index (χ1) is 10.5. The lowest BCUT2D eigenvalue weighted by molar-refractivity contribution is -0.137. The minimum absolute atomic E-state index is 0.0867. The van der Waals surface area contributed by atoms with Gasteiger partial charge >= 0.3 is 10.8 Å². The van der Waals surface area contributed by atoms with Crippen LogP contribution in [0, 0.1) is 0 Å². The molecule has 0 saturated carbocycles. The number of hydrogen-bond donors (Lipinski definition) is 2. The minimum Gasteiger partial charge on any atom is -0.481 e. The van der Waals surface area contributed by atoms with Crippen LogP contribution < -0.4 is 4.87 Å². The van der Waals surface area contributed by atoms with Gasteiger partial charge in [0.05, 0.1) is 12.1 Å². The third-order valence-corrected chi connectivity index (χ3v) is 4.43. The van der Waals surface area contributed by atoms with E-state index >= 15 is 0 Å². The van der Waals surface area contributed by atoms with Crippen molar-refractivity contribution in [2.75, 3.05) is 13.1 Å². The highest BCUT2D eigenvalue weighted by Crippen LogP contribution is 2.25. The van der Waals surface area contributed by atoms with Gasteiger partial charge in [-0.3, -0.25) is 14.5 Å². The third-order valence-electron chi connectivity index (χ3n) is 3.31. The lowest BCUT2D eigenvalue weighted by Gasteiger charge is -2.19. The summed E-state index contributed by atoms with van der Waals surface area (Å²) in [5.41, 5.74) is 1.67. The summed E-state index contributed by atoms with van der Waals surface area (Å²) in [4.78, 5) is 28.1. The average molecular weight is 341 g/mol. The van der Waals surface area contributed by atoms with Gasteiger partial charge in [0, 0.05) is 23.0 Å². The fourth-order valence-corrected chi connectivity index (χ4v) is 3.15. The van der Waals surface area contributed by atoms with Gasteiger partial charge in [0.1, 0.15) is 0 Å². The van der Waals surface area contributed by atoms with Crippen molar-refractivity contribution in [3.05, 3.63) is 43.8 Å². The second-order valence-corrected chi connectivity index (χ2v) is 6.34. The van der Waals surface area contributed by atoms with Gasteiger partial charge in [-0.05, 0) is 24.2 Å². The number of aromatic nitrogens is 1. The molecule has 22 heavy (non-hydrogen) atoms. The van der Waals surface area contributed by atoms with E-state index in [1.54, 1.807) is 12.1 Å². The van der Waals surface area contributed by atoms with Crippen molar-refractivity contribution in [3.63, 3.8) is 0 Å². The van der Waals surface area contributed by atoms with Crippen LogP contribution in [-0.4, -0.2) is 34.0 Å². The molecule has 0 saturated heterocycles. The van der Waals surface area contributed by atoms with E-state index < -0.39 is 5.97 Å². The molecule has 1 aromatic heterocycles. The van der Waals surface area contributed by atoms with Gasteiger partial charge in [-0.1, -0.05) is 42.0 Å². The summed E-state index contributed by atoms with van der Waals surface area (Å²) in [6, 6.07) is 7.27. The fraction of sp³-hybridized carbons (Fsp3) is 0.333. The molecule has 118 valence electrons. The molecule has 0 spiro atoms. The second kappa shape index (κ2) is 7.58. The lowest BCUT2D eigenvalue weighted by atomic mass is 10.1. The van der Waals surface area contributed by atoms with E-state index in [0.717, 1.165) is 34.0 Å². The number of thiazole rings is 1. The first kappa shape index (κ1) is 16.7. The molecule has 1 heterocycles. The first-order valence-corrected chi connectivity index (χ1v) is 8.11. The van der Waals surface area contributed by atoms with Crippen molar-refractivity contribution in [1.29, 1.82) is 0 Å². The van der Waals surface area contributed by atoms with E-state index in [2.05, 4.69) is 4.98 Å². The SMILES string of the molecule is CCN(CCC(=O)O)Cc1sc(=O)[nH]c1-c1ccc(Cl)cc1. The number of benzene rings is 1. The predicted octanol–water partition coefficient (Wildman–Crippen LogP) is 3.05. The number of halogens is 1. The Morgan fingerprint density at radius 3 is 2.64 bits per heavy atom. The normalized spacial score (nSPS) is 11.0. The van der Waals surface area contributed by atoms with E-state index in [9.17, 15) is 9.59 Å². The van der Waals surface area contributed by atoms with Crippen molar-refractivity contribution in [2.45, 2.75) is 19.9 Å². The van der Waals surface area contributed by atoms with E-state index in [0.29, 0.717) is 18.1 Å². The average Bonchev–Trinajstić information content (AvgIpc) is 2.84. The smallest absolute Gasteiger partial charge is 0.305 e. The molecule has 0 aliphatic carbocycles. The molecule has 0 bridgehead atoms. The highest BCUT2D eigenvalue weighted by atomic mass is 35.5. The van der Waals surface area contributed by atoms with Crippen LogP contribution >= 0.6 is 22.9 Å². The fourth-order valence-electron chi connectivity index (χ4n) is 2.13. The summed E-state index contributed by atoms with van der Waals surface area (Å²) in [6.07, 6.45) is 0.0867. The highest BCUT2D eigenvalue weighted by Gasteiger charge is 2.14. The largest absolute Gasteiger partial charge is 0.481 e. The Kier molecular flexibility index (Phi) is 5.76. The Hall–Kier alpha value is -1.63. The Labute approximate surface area is 137 Å². The van der Waals surface area contributed by atoms with Crippen molar-refractivity contribution >= 4 is 28.9 Å².